The molecule has 0 unspecified atom stereocenters. The molecule has 5 nitrogen and oxygen atoms in total. The molecule has 0 aliphatic heterocycles. The maximum atomic E-state index is 12.6. The van der Waals surface area contributed by atoms with E-state index in [-0.39, 0.29) is 16.9 Å². The van der Waals surface area contributed by atoms with E-state index in [9.17, 15) is 28.4 Å². The van der Waals surface area contributed by atoms with Gasteiger partial charge in [-0.05, 0) is 23.8 Å². The molecule has 2 rings (SSSR count). The van der Waals surface area contributed by atoms with E-state index in [4.69, 9.17) is 0 Å². The Kier molecular flexibility index (Phi) is 4.11. The lowest BCUT2D eigenvalue weighted by Gasteiger charge is -2.09. The maximum absolute atomic E-state index is 12.6. The van der Waals surface area contributed by atoms with E-state index in [2.05, 4.69) is 4.99 Å². The highest BCUT2D eigenvalue weighted by Gasteiger charge is 2.30. The standard InChI is InChI=1S/C14H9F3N2O3/c15-14(16,17)10-2-1-3-11(7-10)18-8-9-6-12(19(21)22)4-5-13(9)20/h1-8,20H/p-1. The number of non-ortho nitro benzene ring substituents is 1. The third kappa shape index (κ3) is 3.60. The number of hydrogen-bond acceptors (Lipinski definition) is 4. The fourth-order valence-electron chi connectivity index (χ4n) is 1.66. The molecule has 0 aromatic heterocycles. The normalized spacial score (nSPS) is 11.8. The van der Waals surface area contributed by atoms with Crippen molar-refractivity contribution in [1.29, 1.82) is 0 Å². The van der Waals surface area contributed by atoms with E-state index in [0.717, 1.165) is 36.5 Å². The van der Waals surface area contributed by atoms with Crippen molar-refractivity contribution in [1.82, 2.24) is 0 Å². The summed E-state index contributed by atoms with van der Waals surface area (Å²) >= 11 is 0. The molecule has 0 aliphatic rings. The van der Waals surface area contributed by atoms with Crippen molar-refractivity contribution in [2.75, 3.05) is 0 Å². The van der Waals surface area contributed by atoms with Gasteiger partial charge in [-0.3, -0.25) is 15.1 Å². The van der Waals surface area contributed by atoms with Crippen LogP contribution in [0.4, 0.5) is 24.5 Å². The molecule has 8 heteroatoms. The molecular formula is C14H8F3N2O3-. The molecule has 0 amide bonds. The van der Waals surface area contributed by atoms with E-state index in [1.807, 2.05) is 0 Å². The maximum Gasteiger partial charge on any atom is 0.416 e. The Balaban J connectivity index is 2.33. The Morgan fingerprint density at radius 2 is 1.86 bits per heavy atom. The topological polar surface area (TPSA) is 78.6 Å². The minimum Gasteiger partial charge on any atom is -0.872 e. The predicted octanol–water partition coefficient (Wildman–Crippen LogP) is 3.44. The zero-order valence-electron chi connectivity index (χ0n) is 10.9. The predicted molar refractivity (Wildman–Crippen MR) is 71.2 cm³/mol. The molecule has 0 bridgehead atoms. The molecular weight excluding hydrogens is 301 g/mol. The van der Waals surface area contributed by atoms with Crippen molar-refractivity contribution in [3.8, 4) is 5.75 Å². The van der Waals surface area contributed by atoms with E-state index >= 15 is 0 Å². The van der Waals surface area contributed by atoms with Gasteiger partial charge in [0.15, 0.2) is 0 Å². The van der Waals surface area contributed by atoms with Crippen LogP contribution >= 0.6 is 0 Å². The molecule has 0 saturated carbocycles. The van der Waals surface area contributed by atoms with Gasteiger partial charge in [0.05, 0.1) is 16.2 Å². The van der Waals surface area contributed by atoms with Crippen molar-refractivity contribution in [3.63, 3.8) is 0 Å². The Morgan fingerprint density at radius 1 is 1.14 bits per heavy atom. The lowest BCUT2D eigenvalue weighted by molar-refractivity contribution is -0.385. The quantitative estimate of drug-likeness (QED) is 0.495. The van der Waals surface area contributed by atoms with Crippen molar-refractivity contribution in [3.05, 3.63) is 63.7 Å². The van der Waals surface area contributed by atoms with Crippen LogP contribution in [0.2, 0.25) is 0 Å². The number of nitro groups is 1. The van der Waals surface area contributed by atoms with Crippen LogP contribution in [0.1, 0.15) is 11.1 Å². The molecule has 2 aromatic carbocycles. The van der Waals surface area contributed by atoms with Crippen molar-refractivity contribution >= 4 is 17.6 Å². The molecule has 114 valence electrons. The molecule has 0 radical (unpaired) electrons. The fourth-order valence-corrected chi connectivity index (χ4v) is 1.66. The summed E-state index contributed by atoms with van der Waals surface area (Å²) in [6, 6.07) is 7.29. The fraction of sp³-hybridized carbons (Fsp3) is 0.0714. The summed E-state index contributed by atoms with van der Waals surface area (Å²) in [5.41, 5.74) is -1.26. The Labute approximate surface area is 122 Å². The molecule has 0 atom stereocenters. The monoisotopic (exact) mass is 309 g/mol. The van der Waals surface area contributed by atoms with Crippen molar-refractivity contribution in [2.24, 2.45) is 4.99 Å². The van der Waals surface area contributed by atoms with Gasteiger partial charge in [-0.1, -0.05) is 17.9 Å². The summed E-state index contributed by atoms with van der Waals surface area (Å²) in [4.78, 5) is 13.7. The highest BCUT2D eigenvalue weighted by Crippen LogP contribution is 2.31. The second-order valence-corrected chi connectivity index (χ2v) is 4.29. The lowest BCUT2D eigenvalue weighted by Crippen LogP contribution is -2.03. The number of rotatable bonds is 3. The SMILES string of the molecule is O=[N+]([O-])c1ccc([O-])c(C=Nc2cccc(C(F)(F)F)c2)c1. The average Bonchev–Trinajstić information content (AvgIpc) is 2.45. The Morgan fingerprint density at radius 3 is 2.50 bits per heavy atom. The van der Waals surface area contributed by atoms with Gasteiger partial charge in [-0.2, -0.15) is 13.2 Å². The van der Waals surface area contributed by atoms with Gasteiger partial charge in [-0.25, -0.2) is 0 Å². The number of halogens is 3. The van der Waals surface area contributed by atoms with Crippen LogP contribution in [0, 0.1) is 10.1 Å². The summed E-state index contributed by atoms with van der Waals surface area (Å²) in [5, 5.41) is 22.2. The third-order valence-corrected chi connectivity index (χ3v) is 2.73. The summed E-state index contributed by atoms with van der Waals surface area (Å²) in [6.45, 7) is 0. The van der Waals surface area contributed by atoms with Gasteiger partial charge in [0.2, 0.25) is 0 Å². The third-order valence-electron chi connectivity index (χ3n) is 2.73. The van der Waals surface area contributed by atoms with Crippen molar-refractivity contribution in [2.45, 2.75) is 6.18 Å². The zero-order chi connectivity index (χ0) is 16.3. The van der Waals surface area contributed by atoms with E-state index in [0.29, 0.717) is 0 Å². The second-order valence-electron chi connectivity index (χ2n) is 4.29. The molecule has 0 N–H and O–H groups in total. The van der Waals surface area contributed by atoms with Crippen LogP contribution in [0.15, 0.2) is 47.5 Å². The van der Waals surface area contributed by atoms with E-state index in [1.54, 1.807) is 0 Å². The summed E-state index contributed by atoms with van der Waals surface area (Å²) < 4.78 is 37.7. The van der Waals surface area contributed by atoms with E-state index in [1.165, 1.54) is 12.1 Å². The van der Waals surface area contributed by atoms with Gasteiger partial charge >= 0.3 is 6.18 Å². The van der Waals surface area contributed by atoms with E-state index < -0.39 is 22.4 Å². The first kappa shape index (κ1) is 15.5. The average molecular weight is 309 g/mol. The van der Waals surface area contributed by atoms with Crippen LogP contribution in [0.5, 0.6) is 5.75 Å². The number of nitrogens with zero attached hydrogens (tertiary/aromatic N) is 2. The number of nitro benzene ring substituents is 1. The second kappa shape index (κ2) is 5.84. The van der Waals surface area contributed by atoms with Crippen LogP contribution < -0.4 is 5.11 Å². The number of alkyl halides is 3. The highest BCUT2D eigenvalue weighted by atomic mass is 19.4. The van der Waals surface area contributed by atoms with Crippen LogP contribution in [0.25, 0.3) is 0 Å². The van der Waals surface area contributed by atoms with Crippen LogP contribution in [-0.4, -0.2) is 11.1 Å². The van der Waals surface area contributed by atoms with Gasteiger partial charge in [0, 0.05) is 18.3 Å². The summed E-state index contributed by atoms with van der Waals surface area (Å²) in [7, 11) is 0. The number of hydrogen-bond donors (Lipinski definition) is 0. The largest absolute Gasteiger partial charge is 0.872 e. The number of benzene rings is 2. The molecule has 0 saturated heterocycles. The molecule has 0 fully saturated rings. The Bertz CT molecular complexity index is 742. The van der Waals surface area contributed by atoms with Gasteiger partial charge in [0.25, 0.3) is 5.69 Å². The first-order chi connectivity index (χ1) is 10.3. The number of aliphatic imine (C=N–C) groups is 1. The van der Waals surface area contributed by atoms with Crippen molar-refractivity contribution < 1.29 is 23.2 Å². The summed E-state index contributed by atoms with van der Waals surface area (Å²) in [5.74, 6) is -0.513. The zero-order valence-corrected chi connectivity index (χ0v) is 10.9. The smallest absolute Gasteiger partial charge is 0.416 e. The first-order valence-electron chi connectivity index (χ1n) is 5.94. The van der Waals surface area contributed by atoms with Gasteiger partial charge in [-0.15, -0.1) is 0 Å². The molecule has 0 spiro atoms. The Hall–Kier alpha value is -2.90. The molecule has 2 aromatic rings. The summed E-state index contributed by atoms with van der Waals surface area (Å²) in [6.07, 6.45) is -3.49. The molecule has 22 heavy (non-hydrogen) atoms. The first-order valence-corrected chi connectivity index (χ1v) is 5.94. The minimum atomic E-state index is -4.50. The van der Waals surface area contributed by atoms with Crippen LogP contribution in [-0.2, 0) is 6.18 Å². The molecule has 0 heterocycles. The van der Waals surface area contributed by atoms with Crippen LogP contribution in [0.3, 0.4) is 0 Å². The highest BCUT2D eigenvalue weighted by molar-refractivity contribution is 5.86. The van der Waals surface area contributed by atoms with Gasteiger partial charge in [0.1, 0.15) is 0 Å². The van der Waals surface area contributed by atoms with Gasteiger partial charge < -0.3 is 5.11 Å². The molecule has 0 aliphatic carbocycles. The lowest BCUT2D eigenvalue weighted by atomic mass is 10.2. The minimum absolute atomic E-state index is 0.0132.